The Morgan fingerprint density at radius 2 is 2.27 bits per heavy atom. The highest BCUT2D eigenvalue weighted by Crippen LogP contribution is 1.96. The predicted molar refractivity (Wildman–Crippen MR) is 39.2 cm³/mol. The van der Waals surface area contributed by atoms with E-state index in [1.165, 1.54) is 12.9 Å². The number of esters is 1. The van der Waals surface area contributed by atoms with Crippen molar-refractivity contribution in [1.82, 2.24) is 0 Å². The number of rotatable bonds is 3. The predicted octanol–water partition coefficient (Wildman–Crippen LogP) is -0.220. The second kappa shape index (κ2) is 4.44. The molecule has 2 N–H and O–H groups in total. The lowest BCUT2D eigenvalue weighted by Crippen LogP contribution is -2.12. The standard InChI is InChI=1S/C7H9NO3/c1-5(2)7(10)11-6(3-8)4-9/h1,3,8H2,2H3. The summed E-state index contributed by atoms with van der Waals surface area (Å²) in [7, 11) is 0. The molecule has 0 amide bonds. The molecule has 0 aliphatic carbocycles. The van der Waals surface area contributed by atoms with Gasteiger partial charge in [0.1, 0.15) is 0 Å². The Hall–Kier alpha value is -1.38. The van der Waals surface area contributed by atoms with Gasteiger partial charge in [0, 0.05) is 5.57 Å². The van der Waals surface area contributed by atoms with E-state index in [-0.39, 0.29) is 17.9 Å². The Labute approximate surface area is 64.3 Å². The normalized spacial score (nSPS) is 8.18. The molecule has 0 unspecified atom stereocenters. The van der Waals surface area contributed by atoms with Gasteiger partial charge in [-0.25, -0.2) is 9.59 Å². The fraction of sp³-hybridized carbons (Fsp3) is 0.286. The molecule has 0 aromatic heterocycles. The summed E-state index contributed by atoms with van der Waals surface area (Å²) in [5, 5.41) is 0. The van der Waals surface area contributed by atoms with Crippen molar-refractivity contribution in [3.63, 3.8) is 0 Å². The fourth-order valence-electron chi connectivity index (χ4n) is 0.303. The summed E-state index contributed by atoms with van der Waals surface area (Å²) in [6, 6.07) is 0. The van der Waals surface area contributed by atoms with Crippen LogP contribution >= 0.6 is 0 Å². The quantitative estimate of drug-likeness (QED) is 0.265. The molecule has 0 bridgehead atoms. The smallest absolute Gasteiger partial charge is 0.338 e. The van der Waals surface area contributed by atoms with Crippen LogP contribution in [0.2, 0.25) is 0 Å². The van der Waals surface area contributed by atoms with Crippen LogP contribution in [-0.2, 0) is 14.3 Å². The van der Waals surface area contributed by atoms with Gasteiger partial charge in [-0.05, 0) is 6.92 Å². The van der Waals surface area contributed by atoms with Gasteiger partial charge in [-0.2, -0.15) is 0 Å². The second-order valence-corrected chi connectivity index (χ2v) is 1.90. The highest BCUT2D eigenvalue weighted by Gasteiger charge is 2.06. The van der Waals surface area contributed by atoms with Crippen molar-refractivity contribution in [2.75, 3.05) is 6.54 Å². The third-order valence-corrected chi connectivity index (χ3v) is 0.864. The fourth-order valence-corrected chi connectivity index (χ4v) is 0.303. The molecule has 0 saturated heterocycles. The molecule has 60 valence electrons. The van der Waals surface area contributed by atoms with Gasteiger partial charge in [0.25, 0.3) is 0 Å². The number of carbonyl (C=O) groups is 1. The third kappa shape index (κ3) is 3.35. The molecule has 11 heavy (non-hydrogen) atoms. The Balaban J connectivity index is 4.15. The van der Waals surface area contributed by atoms with Crippen molar-refractivity contribution in [3.8, 4) is 0 Å². The zero-order valence-corrected chi connectivity index (χ0v) is 6.22. The molecule has 4 nitrogen and oxygen atoms in total. The maximum Gasteiger partial charge on any atom is 0.338 e. The molecule has 0 radical (unpaired) electrons. The lowest BCUT2D eigenvalue weighted by atomic mass is 10.4. The van der Waals surface area contributed by atoms with Crippen molar-refractivity contribution >= 4 is 11.9 Å². The minimum atomic E-state index is -0.659. The first-order chi connectivity index (χ1) is 5.11. The number of hydrogen-bond acceptors (Lipinski definition) is 4. The van der Waals surface area contributed by atoms with Crippen molar-refractivity contribution in [2.45, 2.75) is 6.92 Å². The van der Waals surface area contributed by atoms with Gasteiger partial charge in [-0.15, -0.1) is 0 Å². The molecule has 0 saturated carbocycles. The summed E-state index contributed by atoms with van der Waals surface area (Å²) >= 11 is 0. The largest absolute Gasteiger partial charge is 0.414 e. The molecule has 0 heterocycles. The SMILES string of the molecule is C=C(C)C(=O)OC(=C=O)CN. The van der Waals surface area contributed by atoms with E-state index < -0.39 is 5.97 Å². The molecule has 0 aromatic rings. The second-order valence-electron chi connectivity index (χ2n) is 1.90. The van der Waals surface area contributed by atoms with E-state index >= 15 is 0 Å². The average Bonchev–Trinajstić information content (AvgIpc) is 1.99. The molecular formula is C7H9NO3. The van der Waals surface area contributed by atoms with Crippen LogP contribution in [0.4, 0.5) is 0 Å². The number of hydrogen-bond donors (Lipinski definition) is 1. The van der Waals surface area contributed by atoms with Crippen LogP contribution in [-0.4, -0.2) is 18.5 Å². The van der Waals surface area contributed by atoms with E-state index in [2.05, 4.69) is 11.3 Å². The summed E-state index contributed by atoms with van der Waals surface area (Å²) in [4.78, 5) is 20.6. The highest BCUT2D eigenvalue weighted by atomic mass is 16.5. The van der Waals surface area contributed by atoms with Crippen molar-refractivity contribution in [1.29, 1.82) is 0 Å². The molecule has 0 spiro atoms. The first-order valence-electron chi connectivity index (χ1n) is 2.93. The average molecular weight is 155 g/mol. The zero-order valence-electron chi connectivity index (χ0n) is 6.22. The first-order valence-corrected chi connectivity index (χ1v) is 2.93. The van der Waals surface area contributed by atoms with Crippen LogP contribution < -0.4 is 5.73 Å². The van der Waals surface area contributed by atoms with Gasteiger partial charge in [0.05, 0.1) is 6.54 Å². The molecule has 0 rings (SSSR count). The van der Waals surface area contributed by atoms with Crippen molar-refractivity contribution in [2.24, 2.45) is 5.73 Å². The van der Waals surface area contributed by atoms with Gasteiger partial charge < -0.3 is 10.5 Å². The number of ether oxygens (including phenoxy) is 1. The van der Waals surface area contributed by atoms with Gasteiger partial charge in [0.15, 0.2) is 5.94 Å². The molecule has 0 aromatic carbocycles. The summed E-state index contributed by atoms with van der Waals surface area (Å²) in [5.74, 6) is 0.526. The first kappa shape index (κ1) is 9.62. The highest BCUT2D eigenvalue weighted by molar-refractivity contribution is 5.88. The lowest BCUT2D eigenvalue weighted by molar-refractivity contribution is -0.134. The maximum atomic E-state index is 10.7. The van der Waals surface area contributed by atoms with Gasteiger partial charge >= 0.3 is 5.97 Å². The van der Waals surface area contributed by atoms with E-state index in [9.17, 15) is 9.59 Å². The van der Waals surface area contributed by atoms with E-state index in [4.69, 9.17) is 5.73 Å². The molecule has 0 atom stereocenters. The van der Waals surface area contributed by atoms with Crippen LogP contribution in [0.1, 0.15) is 6.92 Å². The summed E-state index contributed by atoms with van der Waals surface area (Å²) in [6.45, 7) is 4.66. The van der Waals surface area contributed by atoms with Gasteiger partial charge in [-0.3, -0.25) is 0 Å². The Morgan fingerprint density at radius 3 is 2.55 bits per heavy atom. The topological polar surface area (TPSA) is 69.4 Å². The Kier molecular flexibility index (Phi) is 3.88. The summed E-state index contributed by atoms with van der Waals surface area (Å²) in [6.07, 6.45) is 0. The van der Waals surface area contributed by atoms with Crippen LogP contribution in [0.25, 0.3) is 0 Å². The molecule has 0 aliphatic rings. The van der Waals surface area contributed by atoms with Crippen LogP contribution in [0.5, 0.6) is 0 Å². The van der Waals surface area contributed by atoms with E-state index in [1.807, 2.05) is 0 Å². The Bertz CT molecular complexity index is 226. The number of carbonyl (C=O) groups excluding carboxylic acids is 2. The summed E-state index contributed by atoms with van der Waals surface area (Å²) < 4.78 is 4.44. The minimum absolute atomic E-state index is 0.136. The van der Waals surface area contributed by atoms with Gasteiger partial charge in [0.2, 0.25) is 5.76 Å². The van der Waals surface area contributed by atoms with Crippen molar-refractivity contribution < 1.29 is 14.3 Å². The Morgan fingerprint density at radius 1 is 1.73 bits per heavy atom. The van der Waals surface area contributed by atoms with Crippen LogP contribution in [0, 0.1) is 0 Å². The third-order valence-electron chi connectivity index (χ3n) is 0.864. The summed E-state index contributed by atoms with van der Waals surface area (Å²) in [5.41, 5.74) is 5.24. The monoisotopic (exact) mass is 155 g/mol. The van der Waals surface area contributed by atoms with E-state index in [0.29, 0.717) is 0 Å². The lowest BCUT2D eigenvalue weighted by Gasteiger charge is -2.00. The molecule has 0 fully saturated rings. The van der Waals surface area contributed by atoms with Crippen LogP contribution in [0.3, 0.4) is 0 Å². The van der Waals surface area contributed by atoms with Crippen LogP contribution in [0.15, 0.2) is 17.9 Å². The zero-order chi connectivity index (χ0) is 8.85. The van der Waals surface area contributed by atoms with E-state index in [1.54, 1.807) is 0 Å². The van der Waals surface area contributed by atoms with Crippen molar-refractivity contribution in [3.05, 3.63) is 17.9 Å². The number of nitrogens with two attached hydrogens (primary N) is 1. The maximum absolute atomic E-state index is 10.7. The van der Waals surface area contributed by atoms with E-state index in [0.717, 1.165) is 0 Å². The van der Waals surface area contributed by atoms with Gasteiger partial charge in [-0.1, -0.05) is 6.58 Å². The molecular weight excluding hydrogens is 146 g/mol. The molecule has 0 aliphatic heterocycles. The molecule has 4 heteroatoms. The minimum Gasteiger partial charge on any atom is -0.414 e.